The van der Waals surface area contributed by atoms with E-state index in [1.54, 1.807) is 0 Å². The molecule has 0 aromatic heterocycles. The predicted octanol–water partition coefficient (Wildman–Crippen LogP) is 2.30. The summed E-state index contributed by atoms with van der Waals surface area (Å²) in [7, 11) is -25.7. The molecule has 0 aromatic carbocycles. The molecular formula is C7F13O6S3-. The highest BCUT2D eigenvalue weighted by Gasteiger charge is 2.87. The molecule has 0 radical (unpaired) electrons. The van der Waals surface area contributed by atoms with E-state index in [1.165, 1.54) is 0 Å². The summed E-state index contributed by atoms with van der Waals surface area (Å²) in [6.07, 6.45) is -7.65. The van der Waals surface area contributed by atoms with Gasteiger partial charge in [-0.3, -0.25) is 25.3 Å². The third-order valence-corrected chi connectivity index (χ3v) is 11.2. The molecule has 1 heterocycles. The van der Waals surface area contributed by atoms with Crippen molar-refractivity contribution in [1.29, 1.82) is 0 Å². The van der Waals surface area contributed by atoms with E-state index in [4.69, 9.17) is 0 Å². The Balaban J connectivity index is 4.13. The molecule has 0 aliphatic carbocycles. The minimum absolute atomic E-state index is 5.03. The second-order valence-electron chi connectivity index (χ2n) is 4.96. The van der Waals surface area contributed by atoms with Gasteiger partial charge in [0.25, 0.3) is 0 Å². The van der Waals surface area contributed by atoms with Crippen molar-refractivity contribution in [3.05, 3.63) is 3.91 Å². The smallest absolute Gasteiger partial charge is 0.254 e. The normalized spacial score (nSPS) is 26.8. The molecule has 1 aliphatic heterocycles. The van der Waals surface area contributed by atoms with Gasteiger partial charge < -0.3 is 0 Å². The Hall–Kier alpha value is -1.06. The summed E-state index contributed by atoms with van der Waals surface area (Å²) in [4.78, 5) is 0. The fraction of sp³-hybridized carbons (Fsp3) is 0.857. The Kier molecular flexibility index (Phi) is 5.19. The van der Waals surface area contributed by atoms with Crippen molar-refractivity contribution < 1.29 is 82.3 Å². The third-order valence-electron chi connectivity index (χ3n) is 3.12. The van der Waals surface area contributed by atoms with Crippen LogP contribution in [0.3, 0.4) is 0 Å². The van der Waals surface area contributed by atoms with Crippen molar-refractivity contribution in [1.82, 2.24) is 0 Å². The van der Waals surface area contributed by atoms with Crippen LogP contribution in [0, 0.1) is 3.91 Å². The SMILES string of the molecule is O=S(=O)([C-]1S(=O)(=O)C(F)(F)C(F)(F)C(F)(F)S1(=O)=O)C(F)(F)C(F)(F)C(F)(F)F. The van der Waals surface area contributed by atoms with Gasteiger partial charge in [-0.2, -0.15) is 57.1 Å². The van der Waals surface area contributed by atoms with E-state index in [2.05, 4.69) is 0 Å². The van der Waals surface area contributed by atoms with E-state index in [-0.39, 0.29) is 0 Å². The highest BCUT2D eigenvalue weighted by Crippen LogP contribution is 2.63. The molecule has 0 N–H and O–H groups in total. The van der Waals surface area contributed by atoms with Crippen molar-refractivity contribution in [2.75, 3.05) is 0 Å². The summed E-state index contributed by atoms with van der Waals surface area (Å²) in [5, 5.41) is -23.1. The standard InChI is InChI=1S/C7F13O6S3/c8-2(9,4(12,13)14)5(15,16)27(21,22)1-28(23,24)6(17,18)3(10,11)7(19,20)29(1,25)26/q-1. The van der Waals surface area contributed by atoms with Crippen molar-refractivity contribution >= 4 is 29.5 Å². The van der Waals surface area contributed by atoms with E-state index >= 15 is 0 Å². The maximum atomic E-state index is 13.4. The van der Waals surface area contributed by atoms with Gasteiger partial charge in [-0.25, -0.2) is 0 Å². The van der Waals surface area contributed by atoms with Crippen LogP contribution in [0.4, 0.5) is 57.1 Å². The second kappa shape index (κ2) is 5.79. The Labute approximate surface area is 150 Å². The lowest BCUT2D eigenvalue weighted by atomic mass is 10.3. The van der Waals surface area contributed by atoms with Gasteiger partial charge in [-0.1, -0.05) is 0 Å². The van der Waals surface area contributed by atoms with Gasteiger partial charge in [0.1, 0.15) is 29.5 Å². The highest BCUT2D eigenvalue weighted by molar-refractivity contribution is 8.30. The van der Waals surface area contributed by atoms with Gasteiger partial charge in [0.15, 0.2) is 0 Å². The van der Waals surface area contributed by atoms with E-state index in [0.717, 1.165) is 0 Å². The molecule has 22 heteroatoms. The second-order valence-corrected chi connectivity index (χ2v) is 11.5. The number of hydrogen-bond acceptors (Lipinski definition) is 6. The van der Waals surface area contributed by atoms with Crippen LogP contribution in [0.2, 0.25) is 0 Å². The van der Waals surface area contributed by atoms with Crippen LogP contribution in [0.15, 0.2) is 0 Å². The van der Waals surface area contributed by atoms with Crippen LogP contribution in [0.1, 0.15) is 0 Å². The number of rotatable bonds is 3. The van der Waals surface area contributed by atoms with Gasteiger partial charge in [0.05, 0.1) is 3.91 Å². The quantitative estimate of drug-likeness (QED) is 0.416. The molecule has 0 bridgehead atoms. The van der Waals surface area contributed by atoms with Crippen molar-refractivity contribution in [2.24, 2.45) is 0 Å². The molecule has 6 nitrogen and oxygen atoms in total. The lowest BCUT2D eigenvalue weighted by Gasteiger charge is -2.47. The molecule has 1 aliphatic rings. The molecular weight excluding hydrogens is 523 g/mol. The van der Waals surface area contributed by atoms with Crippen LogP contribution < -0.4 is 0 Å². The molecule has 0 amide bonds. The van der Waals surface area contributed by atoms with Gasteiger partial charge in [0, 0.05) is 0 Å². The first-order chi connectivity index (χ1) is 12.1. The van der Waals surface area contributed by atoms with Crippen LogP contribution in [-0.2, 0) is 29.5 Å². The summed E-state index contributed by atoms with van der Waals surface area (Å²) < 4.78 is 230. The summed E-state index contributed by atoms with van der Waals surface area (Å²) in [5.41, 5.74) is 0. The molecule has 0 atom stereocenters. The van der Waals surface area contributed by atoms with Gasteiger partial charge in [0.2, 0.25) is 0 Å². The molecule has 0 spiro atoms. The highest BCUT2D eigenvalue weighted by atomic mass is 32.3. The Morgan fingerprint density at radius 2 is 0.931 bits per heavy atom. The van der Waals surface area contributed by atoms with E-state index in [1.807, 2.05) is 0 Å². The Morgan fingerprint density at radius 1 is 0.655 bits per heavy atom. The first kappa shape index (κ1) is 26.0. The fourth-order valence-electron chi connectivity index (χ4n) is 1.59. The minimum atomic E-state index is -8.87. The maximum Gasteiger partial charge on any atom is 0.461 e. The summed E-state index contributed by atoms with van der Waals surface area (Å²) in [5.74, 6) is -15.5. The Bertz CT molecular complexity index is 971. The average Bonchev–Trinajstić information content (AvgIpc) is 2.42. The molecule has 29 heavy (non-hydrogen) atoms. The molecule has 0 aromatic rings. The van der Waals surface area contributed by atoms with Gasteiger partial charge in [-0.05, 0) is 0 Å². The Morgan fingerprint density at radius 3 is 1.17 bits per heavy atom. The fourth-order valence-corrected chi connectivity index (χ4v) is 9.02. The largest absolute Gasteiger partial charge is 0.461 e. The summed E-state index contributed by atoms with van der Waals surface area (Å²) >= 11 is 0. The number of alkyl halides is 13. The zero-order valence-electron chi connectivity index (χ0n) is 12.1. The van der Waals surface area contributed by atoms with Crippen LogP contribution in [0.25, 0.3) is 0 Å². The average molecular weight is 523 g/mol. The molecule has 1 rings (SSSR count). The number of sulfone groups is 3. The molecule has 174 valence electrons. The summed E-state index contributed by atoms with van der Waals surface area (Å²) in [6.45, 7) is 0. The zero-order chi connectivity index (χ0) is 24.1. The summed E-state index contributed by atoms with van der Waals surface area (Å²) in [6, 6.07) is 0. The van der Waals surface area contributed by atoms with E-state index in [0.29, 0.717) is 0 Å². The van der Waals surface area contributed by atoms with Gasteiger partial charge in [-0.15, -0.1) is 0 Å². The van der Waals surface area contributed by atoms with E-state index < -0.39 is 67.2 Å². The number of hydrogen-bond donors (Lipinski definition) is 0. The van der Waals surface area contributed by atoms with E-state index in [9.17, 15) is 82.3 Å². The van der Waals surface area contributed by atoms with Crippen molar-refractivity contribution in [3.63, 3.8) is 0 Å². The topological polar surface area (TPSA) is 102 Å². The third kappa shape index (κ3) is 2.62. The van der Waals surface area contributed by atoms with Crippen LogP contribution in [0.5, 0.6) is 0 Å². The maximum absolute atomic E-state index is 13.4. The molecule has 1 fully saturated rings. The monoisotopic (exact) mass is 523 g/mol. The molecule has 0 saturated carbocycles. The van der Waals surface area contributed by atoms with Crippen molar-refractivity contribution in [2.45, 2.75) is 33.8 Å². The van der Waals surface area contributed by atoms with Crippen molar-refractivity contribution in [3.8, 4) is 0 Å². The lowest BCUT2D eigenvalue weighted by Crippen LogP contribution is -2.70. The van der Waals surface area contributed by atoms with Gasteiger partial charge >= 0.3 is 33.8 Å². The van der Waals surface area contributed by atoms with Crippen LogP contribution in [-0.4, -0.2) is 59.0 Å². The van der Waals surface area contributed by atoms with Crippen LogP contribution >= 0.6 is 0 Å². The molecule has 1 saturated heterocycles. The lowest BCUT2D eigenvalue weighted by molar-refractivity contribution is -0.332. The molecule has 0 unspecified atom stereocenters. The predicted molar refractivity (Wildman–Crippen MR) is 60.8 cm³/mol. The first-order valence-electron chi connectivity index (χ1n) is 5.68. The number of halogens is 13. The minimum Gasteiger partial charge on any atom is -0.254 e. The first-order valence-corrected chi connectivity index (χ1v) is 10.1. The zero-order valence-corrected chi connectivity index (χ0v) is 14.5.